The maximum atomic E-state index is 12.7. The Morgan fingerprint density at radius 2 is 2.08 bits per heavy atom. The van der Waals surface area contributed by atoms with Crippen LogP contribution in [0.1, 0.15) is 29.9 Å². The first-order valence-electron chi connectivity index (χ1n) is 8.07. The van der Waals surface area contributed by atoms with Gasteiger partial charge in [0, 0.05) is 20.0 Å². The summed E-state index contributed by atoms with van der Waals surface area (Å²) in [5, 5.41) is 19.6. The van der Waals surface area contributed by atoms with Crippen molar-refractivity contribution < 1.29 is 19.5 Å². The number of hydrogen-bond donors (Lipinski definition) is 2. The van der Waals surface area contributed by atoms with E-state index in [9.17, 15) is 19.5 Å². The molecule has 0 aliphatic rings. The van der Waals surface area contributed by atoms with Crippen molar-refractivity contribution in [3.8, 4) is 5.69 Å². The number of hydrogen-bond acceptors (Lipinski definition) is 5. The van der Waals surface area contributed by atoms with E-state index in [2.05, 4.69) is 15.6 Å². The van der Waals surface area contributed by atoms with Crippen molar-refractivity contribution >= 4 is 17.8 Å². The predicted molar refractivity (Wildman–Crippen MR) is 92.9 cm³/mol. The SMILES string of the molecule is CC(=O)NCCN(C(=O)c1cn(-c2cccc(C)c2)nn1)C(C)C(=O)O. The molecule has 9 nitrogen and oxygen atoms in total. The van der Waals surface area contributed by atoms with Crippen LogP contribution >= 0.6 is 0 Å². The Bertz CT molecular complexity index is 817. The largest absolute Gasteiger partial charge is 0.480 e. The van der Waals surface area contributed by atoms with Crippen molar-refractivity contribution in [2.75, 3.05) is 13.1 Å². The third kappa shape index (κ3) is 4.65. The fraction of sp³-hybridized carbons (Fsp3) is 0.353. The Hall–Kier alpha value is -3.23. The van der Waals surface area contributed by atoms with Gasteiger partial charge in [-0.05, 0) is 31.5 Å². The minimum atomic E-state index is -1.15. The highest BCUT2D eigenvalue weighted by Crippen LogP contribution is 2.11. The molecule has 0 fully saturated rings. The number of benzene rings is 1. The molecule has 0 spiro atoms. The second kappa shape index (κ2) is 8.24. The minimum Gasteiger partial charge on any atom is -0.480 e. The first-order valence-corrected chi connectivity index (χ1v) is 8.07. The molecule has 1 aromatic heterocycles. The van der Waals surface area contributed by atoms with Gasteiger partial charge in [0.2, 0.25) is 5.91 Å². The molecule has 0 radical (unpaired) electrons. The zero-order valence-corrected chi connectivity index (χ0v) is 14.8. The number of aromatic nitrogens is 3. The summed E-state index contributed by atoms with van der Waals surface area (Å²) >= 11 is 0. The Morgan fingerprint density at radius 3 is 2.69 bits per heavy atom. The Kier molecular flexibility index (Phi) is 6.05. The number of carbonyl (C=O) groups is 3. The van der Waals surface area contributed by atoms with Gasteiger partial charge in [-0.1, -0.05) is 17.3 Å². The van der Waals surface area contributed by atoms with Crippen LogP contribution in [-0.4, -0.2) is 61.9 Å². The van der Waals surface area contributed by atoms with E-state index in [1.807, 2.05) is 31.2 Å². The van der Waals surface area contributed by atoms with Gasteiger partial charge < -0.3 is 15.3 Å². The van der Waals surface area contributed by atoms with E-state index >= 15 is 0 Å². The third-order valence-electron chi connectivity index (χ3n) is 3.79. The standard InChI is InChI=1S/C17H21N5O4/c1-11-5-4-6-14(9-11)22-10-15(19-20-22)16(24)21(12(2)17(25)26)8-7-18-13(3)23/h4-6,9-10,12H,7-8H2,1-3H3,(H,18,23)(H,25,26). The molecular formula is C17H21N5O4. The zero-order valence-electron chi connectivity index (χ0n) is 14.8. The van der Waals surface area contributed by atoms with Crippen LogP contribution in [-0.2, 0) is 9.59 Å². The smallest absolute Gasteiger partial charge is 0.326 e. The van der Waals surface area contributed by atoms with Gasteiger partial charge >= 0.3 is 5.97 Å². The zero-order chi connectivity index (χ0) is 19.3. The summed E-state index contributed by atoms with van der Waals surface area (Å²) in [5.74, 6) is -1.97. The number of carboxylic acids is 1. The quantitative estimate of drug-likeness (QED) is 0.749. The number of aliphatic carboxylic acids is 1. The second-order valence-electron chi connectivity index (χ2n) is 5.88. The molecule has 0 saturated heterocycles. The van der Waals surface area contributed by atoms with Crippen molar-refractivity contribution in [1.29, 1.82) is 0 Å². The fourth-order valence-electron chi connectivity index (χ4n) is 2.36. The van der Waals surface area contributed by atoms with Gasteiger partial charge in [-0.2, -0.15) is 0 Å². The van der Waals surface area contributed by atoms with Gasteiger partial charge in [-0.15, -0.1) is 5.10 Å². The molecule has 1 aromatic carbocycles. The molecule has 0 bridgehead atoms. The maximum Gasteiger partial charge on any atom is 0.326 e. The lowest BCUT2D eigenvalue weighted by Crippen LogP contribution is -2.46. The Balaban J connectivity index is 2.22. The van der Waals surface area contributed by atoms with Crippen LogP contribution in [0.4, 0.5) is 0 Å². The molecule has 1 heterocycles. The van der Waals surface area contributed by atoms with Gasteiger partial charge in [0.25, 0.3) is 5.91 Å². The van der Waals surface area contributed by atoms with Crippen molar-refractivity contribution in [2.45, 2.75) is 26.8 Å². The highest BCUT2D eigenvalue weighted by molar-refractivity contribution is 5.94. The first kappa shape index (κ1) is 19.1. The van der Waals surface area contributed by atoms with E-state index in [1.165, 1.54) is 24.7 Å². The lowest BCUT2D eigenvalue weighted by molar-refractivity contribution is -0.141. The summed E-state index contributed by atoms with van der Waals surface area (Å²) in [6.07, 6.45) is 1.46. The molecule has 138 valence electrons. The summed E-state index contributed by atoms with van der Waals surface area (Å²) < 4.78 is 1.46. The molecule has 26 heavy (non-hydrogen) atoms. The summed E-state index contributed by atoms with van der Waals surface area (Å²) in [7, 11) is 0. The van der Waals surface area contributed by atoms with Gasteiger partial charge in [0.15, 0.2) is 5.69 Å². The molecule has 2 N–H and O–H groups in total. The van der Waals surface area contributed by atoms with Crippen LogP contribution in [0.15, 0.2) is 30.5 Å². The van der Waals surface area contributed by atoms with Crippen LogP contribution in [0, 0.1) is 6.92 Å². The highest BCUT2D eigenvalue weighted by Gasteiger charge is 2.28. The van der Waals surface area contributed by atoms with Crippen LogP contribution in [0.2, 0.25) is 0 Å². The predicted octanol–water partition coefficient (Wildman–Crippen LogP) is 0.627. The summed E-state index contributed by atoms with van der Waals surface area (Å²) in [6.45, 7) is 4.87. The van der Waals surface area contributed by atoms with E-state index in [0.29, 0.717) is 0 Å². The average Bonchev–Trinajstić information content (AvgIpc) is 3.07. The number of carbonyl (C=O) groups excluding carboxylic acids is 2. The Morgan fingerprint density at radius 1 is 1.35 bits per heavy atom. The Labute approximate surface area is 150 Å². The molecular weight excluding hydrogens is 338 g/mol. The van der Waals surface area contributed by atoms with Crippen molar-refractivity contribution in [3.63, 3.8) is 0 Å². The van der Waals surface area contributed by atoms with Crippen LogP contribution in [0.25, 0.3) is 5.69 Å². The van der Waals surface area contributed by atoms with Crippen LogP contribution < -0.4 is 5.32 Å². The second-order valence-corrected chi connectivity index (χ2v) is 5.88. The molecule has 1 unspecified atom stereocenters. The lowest BCUT2D eigenvalue weighted by Gasteiger charge is -2.25. The van der Waals surface area contributed by atoms with E-state index in [-0.39, 0.29) is 24.7 Å². The topological polar surface area (TPSA) is 117 Å². The highest BCUT2D eigenvalue weighted by atomic mass is 16.4. The van der Waals surface area contributed by atoms with Crippen LogP contribution in [0.5, 0.6) is 0 Å². The van der Waals surface area contributed by atoms with E-state index in [0.717, 1.165) is 16.2 Å². The molecule has 2 rings (SSSR count). The molecule has 2 amide bonds. The average molecular weight is 359 g/mol. The van der Waals surface area contributed by atoms with Crippen LogP contribution in [0.3, 0.4) is 0 Å². The lowest BCUT2D eigenvalue weighted by atomic mass is 10.2. The first-order chi connectivity index (χ1) is 12.3. The number of carboxylic acid groups (broad SMARTS) is 1. The number of nitrogens with one attached hydrogen (secondary N) is 1. The molecule has 0 aliphatic heterocycles. The van der Waals surface area contributed by atoms with Crippen molar-refractivity contribution in [3.05, 3.63) is 41.7 Å². The number of amides is 2. The molecule has 9 heteroatoms. The molecule has 2 aromatic rings. The van der Waals surface area contributed by atoms with Gasteiger partial charge in [0.05, 0.1) is 11.9 Å². The monoisotopic (exact) mass is 359 g/mol. The summed E-state index contributed by atoms with van der Waals surface area (Å²) in [4.78, 5) is 36.2. The number of rotatable bonds is 7. The fourth-order valence-corrected chi connectivity index (χ4v) is 2.36. The third-order valence-corrected chi connectivity index (χ3v) is 3.79. The molecule has 1 atom stereocenters. The van der Waals surface area contributed by atoms with Crippen molar-refractivity contribution in [1.82, 2.24) is 25.2 Å². The van der Waals surface area contributed by atoms with Gasteiger partial charge in [0.1, 0.15) is 6.04 Å². The number of aryl methyl sites for hydroxylation is 1. The summed E-state index contributed by atoms with van der Waals surface area (Å²) in [6, 6.07) is 6.44. The van der Waals surface area contributed by atoms with Gasteiger partial charge in [-0.25, -0.2) is 9.48 Å². The van der Waals surface area contributed by atoms with Crippen molar-refractivity contribution in [2.24, 2.45) is 0 Å². The normalized spacial score (nSPS) is 11.7. The maximum absolute atomic E-state index is 12.7. The minimum absolute atomic E-state index is 0.0300. The van der Waals surface area contributed by atoms with E-state index < -0.39 is 17.9 Å². The number of nitrogens with zero attached hydrogens (tertiary/aromatic N) is 4. The van der Waals surface area contributed by atoms with Gasteiger partial charge in [-0.3, -0.25) is 9.59 Å². The molecule has 0 aliphatic carbocycles. The van der Waals surface area contributed by atoms with E-state index in [1.54, 1.807) is 0 Å². The summed E-state index contributed by atoms with van der Waals surface area (Å²) in [5.41, 5.74) is 1.80. The molecule has 0 saturated carbocycles. The van der Waals surface area contributed by atoms with E-state index in [4.69, 9.17) is 0 Å².